The minimum Gasteiger partial charge on any atom is -0.383 e. The SMILES string of the molecule is COCC(NC(C)c1c(F)cccc1F)C(C)C. The summed E-state index contributed by atoms with van der Waals surface area (Å²) in [5.41, 5.74) is 0.0826. The van der Waals surface area contributed by atoms with E-state index in [2.05, 4.69) is 5.32 Å². The maximum Gasteiger partial charge on any atom is 0.130 e. The molecule has 0 amide bonds. The lowest BCUT2D eigenvalue weighted by Gasteiger charge is -2.26. The van der Waals surface area contributed by atoms with Crippen LogP contribution in [-0.4, -0.2) is 19.8 Å². The molecule has 4 heteroatoms. The van der Waals surface area contributed by atoms with Gasteiger partial charge in [0.2, 0.25) is 0 Å². The molecule has 0 aromatic heterocycles. The number of hydrogen-bond acceptors (Lipinski definition) is 2. The molecular formula is C14H21F2NO. The van der Waals surface area contributed by atoms with E-state index in [1.165, 1.54) is 18.2 Å². The second-order valence-corrected chi connectivity index (χ2v) is 4.83. The predicted molar refractivity (Wildman–Crippen MR) is 68.4 cm³/mol. The summed E-state index contributed by atoms with van der Waals surface area (Å²) in [5.74, 6) is -0.716. The van der Waals surface area contributed by atoms with Gasteiger partial charge in [-0.25, -0.2) is 8.78 Å². The molecule has 1 aromatic carbocycles. The Morgan fingerprint density at radius 3 is 2.17 bits per heavy atom. The topological polar surface area (TPSA) is 21.3 Å². The fraction of sp³-hybridized carbons (Fsp3) is 0.571. The number of halogens is 2. The van der Waals surface area contributed by atoms with E-state index in [9.17, 15) is 8.78 Å². The molecule has 0 aliphatic heterocycles. The first-order chi connectivity index (χ1) is 8.47. The smallest absolute Gasteiger partial charge is 0.130 e. The maximum atomic E-state index is 13.6. The molecule has 0 fully saturated rings. The van der Waals surface area contributed by atoms with Gasteiger partial charge in [-0.15, -0.1) is 0 Å². The Bertz CT molecular complexity index is 362. The molecule has 0 heterocycles. The van der Waals surface area contributed by atoms with Gasteiger partial charge in [0.25, 0.3) is 0 Å². The van der Waals surface area contributed by atoms with Gasteiger partial charge in [0, 0.05) is 24.8 Å². The zero-order valence-electron chi connectivity index (χ0n) is 11.3. The van der Waals surface area contributed by atoms with Gasteiger partial charge in [0.05, 0.1) is 6.61 Å². The highest BCUT2D eigenvalue weighted by Gasteiger charge is 2.21. The largest absolute Gasteiger partial charge is 0.383 e. The van der Waals surface area contributed by atoms with Crippen LogP contribution in [0.15, 0.2) is 18.2 Å². The summed E-state index contributed by atoms with van der Waals surface area (Å²) in [5, 5.41) is 3.21. The minimum atomic E-state index is -0.519. The molecule has 1 rings (SSSR count). The van der Waals surface area contributed by atoms with Gasteiger partial charge < -0.3 is 10.1 Å². The molecule has 2 nitrogen and oxygen atoms in total. The maximum absolute atomic E-state index is 13.6. The van der Waals surface area contributed by atoms with Crippen LogP contribution in [0.4, 0.5) is 8.78 Å². The minimum absolute atomic E-state index is 0.0593. The molecule has 2 atom stereocenters. The molecule has 0 aliphatic carbocycles. The van der Waals surface area contributed by atoms with E-state index in [1.807, 2.05) is 13.8 Å². The Labute approximate surface area is 107 Å². The van der Waals surface area contributed by atoms with Crippen molar-refractivity contribution in [3.05, 3.63) is 35.4 Å². The van der Waals surface area contributed by atoms with Crippen LogP contribution in [0.5, 0.6) is 0 Å². The lowest BCUT2D eigenvalue weighted by atomic mass is 10.0. The van der Waals surface area contributed by atoms with Gasteiger partial charge in [-0.2, -0.15) is 0 Å². The number of hydrogen-bond donors (Lipinski definition) is 1. The molecule has 0 aliphatic rings. The standard InChI is InChI=1S/C14H21F2NO/c1-9(2)13(8-18-4)17-10(3)14-11(15)6-5-7-12(14)16/h5-7,9-10,13,17H,8H2,1-4H3. The molecule has 1 aromatic rings. The van der Waals surface area contributed by atoms with E-state index in [4.69, 9.17) is 4.74 Å². The Morgan fingerprint density at radius 1 is 1.17 bits per heavy atom. The summed E-state index contributed by atoms with van der Waals surface area (Å²) >= 11 is 0. The van der Waals surface area contributed by atoms with Crippen LogP contribution >= 0.6 is 0 Å². The molecule has 0 spiro atoms. The van der Waals surface area contributed by atoms with E-state index in [-0.39, 0.29) is 11.6 Å². The molecule has 0 radical (unpaired) electrons. The van der Waals surface area contributed by atoms with Gasteiger partial charge in [0.15, 0.2) is 0 Å². The van der Waals surface area contributed by atoms with Crippen molar-refractivity contribution in [1.29, 1.82) is 0 Å². The highest BCUT2D eigenvalue weighted by atomic mass is 19.1. The zero-order chi connectivity index (χ0) is 13.7. The second kappa shape index (κ2) is 6.81. The number of nitrogens with one attached hydrogen (secondary N) is 1. The van der Waals surface area contributed by atoms with Crippen LogP contribution in [0.2, 0.25) is 0 Å². The van der Waals surface area contributed by atoms with Crippen molar-refractivity contribution in [2.75, 3.05) is 13.7 Å². The summed E-state index contributed by atoms with van der Waals surface area (Å²) < 4.78 is 32.4. The van der Waals surface area contributed by atoms with Crippen molar-refractivity contribution >= 4 is 0 Å². The van der Waals surface area contributed by atoms with Crippen LogP contribution in [0.3, 0.4) is 0 Å². The van der Waals surface area contributed by atoms with Crippen molar-refractivity contribution in [1.82, 2.24) is 5.32 Å². The first-order valence-corrected chi connectivity index (χ1v) is 6.16. The zero-order valence-corrected chi connectivity index (χ0v) is 11.3. The first-order valence-electron chi connectivity index (χ1n) is 6.16. The summed E-state index contributed by atoms with van der Waals surface area (Å²) in [4.78, 5) is 0. The van der Waals surface area contributed by atoms with Crippen LogP contribution in [0.1, 0.15) is 32.4 Å². The van der Waals surface area contributed by atoms with Gasteiger partial charge in [-0.1, -0.05) is 19.9 Å². The van der Waals surface area contributed by atoms with E-state index >= 15 is 0 Å². The normalized spacial score (nSPS) is 14.8. The van der Waals surface area contributed by atoms with Gasteiger partial charge in [-0.3, -0.25) is 0 Å². The number of methoxy groups -OCH3 is 1. The first kappa shape index (κ1) is 15.1. The Morgan fingerprint density at radius 2 is 1.72 bits per heavy atom. The number of ether oxygens (including phenoxy) is 1. The van der Waals surface area contributed by atoms with Crippen molar-refractivity contribution in [2.45, 2.75) is 32.9 Å². The quantitative estimate of drug-likeness (QED) is 0.844. The van der Waals surface area contributed by atoms with Crippen molar-refractivity contribution < 1.29 is 13.5 Å². The highest BCUT2D eigenvalue weighted by molar-refractivity contribution is 5.22. The van der Waals surface area contributed by atoms with E-state index in [1.54, 1.807) is 14.0 Å². The third kappa shape index (κ3) is 3.75. The fourth-order valence-corrected chi connectivity index (χ4v) is 1.94. The molecule has 0 saturated heterocycles. The predicted octanol–water partition coefficient (Wildman–Crippen LogP) is 3.29. The highest BCUT2D eigenvalue weighted by Crippen LogP contribution is 2.21. The Kier molecular flexibility index (Phi) is 5.69. The van der Waals surface area contributed by atoms with E-state index < -0.39 is 17.7 Å². The molecule has 18 heavy (non-hydrogen) atoms. The average Bonchev–Trinajstić information content (AvgIpc) is 2.28. The van der Waals surface area contributed by atoms with Crippen LogP contribution < -0.4 is 5.32 Å². The number of rotatable bonds is 6. The summed E-state index contributed by atoms with van der Waals surface area (Å²) in [6, 6.07) is 3.59. The lowest BCUT2D eigenvalue weighted by Crippen LogP contribution is -2.39. The van der Waals surface area contributed by atoms with Crippen LogP contribution in [0.25, 0.3) is 0 Å². The van der Waals surface area contributed by atoms with Crippen LogP contribution in [0, 0.1) is 17.6 Å². The lowest BCUT2D eigenvalue weighted by molar-refractivity contribution is 0.141. The average molecular weight is 257 g/mol. The molecule has 0 bridgehead atoms. The molecule has 1 N–H and O–H groups in total. The van der Waals surface area contributed by atoms with Gasteiger partial charge in [-0.05, 0) is 25.0 Å². The second-order valence-electron chi connectivity index (χ2n) is 4.83. The van der Waals surface area contributed by atoms with Gasteiger partial charge in [0.1, 0.15) is 11.6 Å². The van der Waals surface area contributed by atoms with Crippen molar-refractivity contribution in [3.63, 3.8) is 0 Å². The monoisotopic (exact) mass is 257 g/mol. The molecule has 0 saturated carbocycles. The molecule has 102 valence electrons. The Balaban J connectivity index is 2.83. The number of benzene rings is 1. The van der Waals surface area contributed by atoms with Crippen molar-refractivity contribution in [2.24, 2.45) is 5.92 Å². The summed E-state index contributed by atoms with van der Waals surface area (Å²) in [6.07, 6.45) is 0. The van der Waals surface area contributed by atoms with E-state index in [0.29, 0.717) is 12.5 Å². The third-order valence-corrected chi connectivity index (χ3v) is 3.05. The summed E-state index contributed by atoms with van der Waals surface area (Å²) in [7, 11) is 1.62. The van der Waals surface area contributed by atoms with Crippen LogP contribution in [-0.2, 0) is 4.74 Å². The fourth-order valence-electron chi connectivity index (χ4n) is 1.94. The van der Waals surface area contributed by atoms with E-state index in [0.717, 1.165) is 0 Å². The van der Waals surface area contributed by atoms with Crippen molar-refractivity contribution in [3.8, 4) is 0 Å². The molecular weight excluding hydrogens is 236 g/mol. The summed E-state index contributed by atoms with van der Waals surface area (Å²) in [6.45, 7) is 6.35. The third-order valence-electron chi connectivity index (χ3n) is 3.05. The molecule has 2 unspecified atom stereocenters. The Hall–Kier alpha value is -1.00. The van der Waals surface area contributed by atoms with Gasteiger partial charge >= 0.3 is 0 Å².